The first-order chi connectivity index (χ1) is 7.71. The van der Waals surface area contributed by atoms with Crippen molar-refractivity contribution in [1.82, 2.24) is 0 Å². The van der Waals surface area contributed by atoms with E-state index in [4.69, 9.17) is 0 Å². The average molecular weight is 245 g/mol. The molecule has 0 atom stereocenters. The molecule has 0 saturated heterocycles. The van der Waals surface area contributed by atoms with E-state index in [1.165, 1.54) is 19.1 Å². The number of nitrogens with one attached hydrogen (secondary N) is 1. The van der Waals surface area contributed by atoms with Gasteiger partial charge in [-0.2, -0.15) is 13.2 Å². The Morgan fingerprint density at radius 1 is 1.29 bits per heavy atom. The zero-order valence-corrected chi connectivity index (χ0v) is 9.85. The van der Waals surface area contributed by atoms with E-state index in [1.807, 2.05) is 0 Å². The molecule has 17 heavy (non-hydrogen) atoms. The lowest BCUT2D eigenvalue weighted by Crippen LogP contribution is -2.18. The molecule has 1 N–H and O–H groups in total. The Kier molecular flexibility index (Phi) is 3.80. The fraction of sp³-hybridized carbons (Fsp3) is 0.417. The normalized spacial score (nSPS) is 11.7. The van der Waals surface area contributed by atoms with Gasteiger partial charge in [-0.3, -0.25) is 4.79 Å². The number of aryl methyl sites for hydroxylation is 1. The van der Waals surface area contributed by atoms with E-state index in [9.17, 15) is 18.0 Å². The maximum atomic E-state index is 12.6. The van der Waals surface area contributed by atoms with Crippen molar-refractivity contribution in [2.75, 3.05) is 5.32 Å². The van der Waals surface area contributed by atoms with Crippen molar-refractivity contribution >= 4 is 11.6 Å². The first-order valence-electron chi connectivity index (χ1n) is 5.20. The first-order valence-corrected chi connectivity index (χ1v) is 5.20. The van der Waals surface area contributed by atoms with Crippen molar-refractivity contribution < 1.29 is 18.0 Å². The quantitative estimate of drug-likeness (QED) is 0.847. The average Bonchev–Trinajstić information content (AvgIpc) is 2.19. The molecule has 0 aliphatic rings. The summed E-state index contributed by atoms with van der Waals surface area (Å²) in [4.78, 5) is 11.4. The van der Waals surface area contributed by atoms with Crippen molar-refractivity contribution in [3.05, 3.63) is 29.3 Å². The van der Waals surface area contributed by atoms with Gasteiger partial charge in [0.2, 0.25) is 5.91 Å². The van der Waals surface area contributed by atoms with E-state index in [2.05, 4.69) is 5.32 Å². The highest BCUT2D eigenvalue weighted by atomic mass is 19.4. The Bertz CT molecular complexity index is 424. The maximum Gasteiger partial charge on any atom is 0.416 e. The summed E-state index contributed by atoms with van der Waals surface area (Å²) in [7, 11) is 0. The van der Waals surface area contributed by atoms with Gasteiger partial charge in [0.05, 0.1) is 5.56 Å². The lowest BCUT2D eigenvalue weighted by atomic mass is 10.1. The van der Waals surface area contributed by atoms with Gasteiger partial charge in [0, 0.05) is 11.6 Å². The molecule has 0 unspecified atom stereocenters. The van der Waals surface area contributed by atoms with Crippen molar-refractivity contribution in [3.8, 4) is 0 Å². The molecule has 0 aliphatic heterocycles. The Balaban J connectivity index is 3.01. The van der Waals surface area contributed by atoms with Gasteiger partial charge in [-0.25, -0.2) is 0 Å². The van der Waals surface area contributed by atoms with Gasteiger partial charge < -0.3 is 5.32 Å². The first kappa shape index (κ1) is 13.5. The fourth-order valence-corrected chi connectivity index (χ4v) is 1.29. The van der Waals surface area contributed by atoms with Crippen LogP contribution in [0.3, 0.4) is 0 Å². The summed E-state index contributed by atoms with van der Waals surface area (Å²) in [5, 5.41) is 2.44. The number of carbonyl (C=O) groups is 1. The summed E-state index contributed by atoms with van der Waals surface area (Å²) in [6, 6.07) is 3.76. The third-order valence-corrected chi connectivity index (χ3v) is 2.33. The molecule has 0 aliphatic carbocycles. The van der Waals surface area contributed by atoms with Crippen LogP contribution < -0.4 is 5.32 Å². The molecule has 1 aromatic carbocycles. The number of carbonyl (C=O) groups excluding carboxylic acids is 1. The van der Waals surface area contributed by atoms with E-state index in [0.29, 0.717) is 0 Å². The second kappa shape index (κ2) is 4.77. The fourth-order valence-electron chi connectivity index (χ4n) is 1.29. The van der Waals surface area contributed by atoms with Gasteiger partial charge in [-0.05, 0) is 24.6 Å². The largest absolute Gasteiger partial charge is 0.416 e. The molecule has 1 aromatic rings. The molecule has 94 valence electrons. The SMILES string of the molecule is Cc1ccc(NC(=O)C(C)C)cc1C(F)(F)F. The predicted molar refractivity (Wildman–Crippen MR) is 59.6 cm³/mol. The predicted octanol–water partition coefficient (Wildman–Crippen LogP) is 3.61. The smallest absolute Gasteiger partial charge is 0.326 e. The van der Waals surface area contributed by atoms with Crippen molar-refractivity contribution in [2.45, 2.75) is 26.9 Å². The Labute approximate surface area is 97.8 Å². The summed E-state index contributed by atoms with van der Waals surface area (Å²) >= 11 is 0. The van der Waals surface area contributed by atoms with Gasteiger partial charge in [0.1, 0.15) is 0 Å². The number of hydrogen-bond donors (Lipinski definition) is 1. The van der Waals surface area contributed by atoms with Crippen LogP contribution in [0.4, 0.5) is 18.9 Å². The second-order valence-corrected chi connectivity index (χ2v) is 4.17. The summed E-state index contributed by atoms with van der Waals surface area (Å²) in [6.07, 6.45) is -4.40. The second-order valence-electron chi connectivity index (χ2n) is 4.17. The molecule has 0 spiro atoms. The maximum absolute atomic E-state index is 12.6. The molecule has 5 heteroatoms. The van der Waals surface area contributed by atoms with Crippen LogP contribution in [0.2, 0.25) is 0 Å². The molecule has 0 fully saturated rings. The molecule has 1 amide bonds. The Morgan fingerprint density at radius 3 is 2.35 bits per heavy atom. The van der Waals surface area contributed by atoms with Crippen LogP contribution in [0, 0.1) is 12.8 Å². The van der Waals surface area contributed by atoms with Crippen LogP contribution in [0.1, 0.15) is 25.0 Å². The van der Waals surface area contributed by atoms with E-state index >= 15 is 0 Å². The number of alkyl halides is 3. The van der Waals surface area contributed by atoms with Crippen LogP contribution in [-0.4, -0.2) is 5.91 Å². The van der Waals surface area contributed by atoms with Gasteiger partial charge in [0.25, 0.3) is 0 Å². The number of hydrogen-bond acceptors (Lipinski definition) is 1. The molecule has 0 aromatic heterocycles. The third-order valence-electron chi connectivity index (χ3n) is 2.33. The third kappa shape index (κ3) is 3.47. The molecule has 1 rings (SSSR count). The Hall–Kier alpha value is -1.52. The molecule has 0 bridgehead atoms. The number of halogens is 3. The van der Waals surface area contributed by atoms with Gasteiger partial charge >= 0.3 is 6.18 Å². The van der Waals surface area contributed by atoms with Crippen LogP contribution >= 0.6 is 0 Å². The van der Waals surface area contributed by atoms with E-state index < -0.39 is 11.7 Å². The number of anilines is 1. The van der Waals surface area contributed by atoms with Gasteiger partial charge in [-0.15, -0.1) is 0 Å². The monoisotopic (exact) mass is 245 g/mol. The minimum atomic E-state index is -4.40. The number of amides is 1. The lowest BCUT2D eigenvalue weighted by Gasteiger charge is -2.13. The van der Waals surface area contributed by atoms with E-state index in [-0.39, 0.29) is 23.1 Å². The topological polar surface area (TPSA) is 29.1 Å². The minimum absolute atomic E-state index is 0.139. The van der Waals surface area contributed by atoms with E-state index in [0.717, 1.165) is 6.07 Å². The standard InChI is InChI=1S/C12H14F3NO/c1-7(2)11(17)16-9-5-4-8(3)10(6-9)12(13,14)15/h4-7H,1-3H3,(H,16,17). The molecule has 0 heterocycles. The van der Waals surface area contributed by atoms with Crippen LogP contribution in [-0.2, 0) is 11.0 Å². The van der Waals surface area contributed by atoms with Crippen molar-refractivity contribution in [3.63, 3.8) is 0 Å². The van der Waals surface area contributed by atoms with Gasteiger partial charge in [0.15, 0.2) is 0 Å². The van der Waals surface area contributed by atoms with Crippen LogP contribution in [0.25, 0.3) is 0 Å². The highest BCUT2D eigenvalue weighted by Gasteiger charge is 2.32. The minimum Gasteiger partial charge on any atom is -0.326 e. The van der Waals surface area contributed by atoms with E-state index in [1.54, 1.807) is 13.8 Å². The molecular weight excluding hydrogens is 231 g/mol. The highest BCUT2D eigenvalue weighted by molar-refractivity contribution is 5.92. The molecular formula is C12H14F3NO. The van der Waals surface area contributed by atoms with Crippen LogP contribution in [0.5, 0.6) is 0 Å². The summed E-state index contributed by atoms with van der Waals surface area (Å²) in [6.45, 7) is 4.74. The van der Waals surface area contributed by atoms with Crippen molar-refractivity contribution in [2.24, 2.45) is 5.92 Å². The van der Waals surface area contributed by atoms with Crippen LogP contribution in [0.15, 0.2) is 18.2 Å². The molecule has 0 saturated carbocycles. The zero-order chi connectivity index (χ0) is 13.2. The van der Waals surface area contributed by atoms with Crippen molar-refractivity contribution in [1.29, 1.82) is 0 Å². The Morgan fingerprint density at radius 2 is 1.88 bits per heavy atom. The number of benzene rings is 1. The number of rotatable bonds is 2. The van der Waals surface area contributed by atoms with Gasteiger partial charge in [-0.1, -0.05) is 19.9 Å². The summed E-state index contributed by atoms with van der Waals surface area (Å²) < 4.78 is 37.8. The summed E-state index contributed by atoms with van der Waals surface area (Å²) in [5.41, 5.74) is -0.416. The lowest BCUT2D eigenvalue weighted by molar-refractivity contribution is -0.138. The highest BCUT2D eigenvalue weighted by Crippen LogP contribution is 2.33. The zero-order valence-electron chi connectivity index (χ0n) is 9.85. The molecule has 2 nitrogen and oxygen atoms in total. The molecule has 0 radical (unpaired) electrons. The summed E-state index contributed by atoms with van der Waals surface area (Å²) in [5.74, 6) is -0.576.